The highest BCUT2D eigenvalue weighted by molar-refractivity contribution is 4.97. The van der Waals surface area contributed by atoms with E-state index in [0.717, 1.165) is 25.2 Å². The number of hydrogen-bond donors (Lipinski definition) is 1. The molecule has 0 aromatic carbocycles. The molecule has 5 heteroatoms. The second-order valence-electron chi connectivity index (χ2n) is 4.48. The predicted molar refractivity (Wildman–Crippen MR) is 67.9 cm³/mol. The Labute approximate surface area is 104 Å². The van der Waals surface area contributed by atoms with Crippen molar-refractivity contribution < 1.29 is 4.74 Å². The third-order valence-electron chi connectivity index (χ3n) is 3.55. The van der Waals surface area contributed by atoms with Crippen molar-refractivity contribution >= 4 is 0 Å². The minimum atomic E-state index is -0.179. The molecule has 17 heavy (non-hydrogen) atoms. The van der Waals surface area contributed by atoms with Crippen LogP contribution in [-0.4, -0.2) is 40.1 Å². The molecule has 0 fully saturated rings. The quantitative estimate of drug-likeness (QED) is 0.777. The van der Waals surface area contributed by atoms with Crippen molar-refractivity contribution in [2.45, 2.75) is 45.3 Å². The van der Waals surface area contributed by atoms with E-state index in [-0.39, 0.29) is 11.6 Å². The van der Waals surface area contributed by atoms with Gasteiger partial charge in [-0.15, -0.1) is 0 Å². The predicted octanol–water partition coefficient (Wildman–Crippen LogP) is 1.15. The van der Waals surface area contributed by atoms with Crippen molar-refractivity contribution in [1.29, 1.82) is 0 Å². The Kier molecular flexibility index (Phi) is 5.08. The molecule has 0 aliphatic carbocycles. The van der Waals surface area contributed by atoms with E-state index < -0.39 is 0 Å². The third-order valence-corrected chi connectivity index (χ3v) is 3.55. The second kappa shape index (κ2) is 6.12. The smallest absolute Gasteiger partial charge is 0.138 e. The fourth-order valence-corrected chi connectivity index (χ4v) is 1.97. The van der Waals surface area contributed by atoms with Crippen molar-refractivity contribution in [2.24, 2.45) is 7.05 Å². The molecule has 0 aliphatic heterocycles. The van der Waals surface area contributed by atoms with Gasteiger partial charge < -0.3 is 10.1 Å². The zero-order chi connectivity index (χ0) is 12.9. The number of methoxy groups -OCH3 is 1. The van der Waals surface area contributed by atoms with E-state index in [4.69, 9.17) is 4.74 Å². The molecule has 2 unspecified atom stereocenters. The number of ether oxygens (including phenoxy) is 1. The number of hydrogen-bond acceptors (Lipinski definition) is 4. The SMILES string of the molecule is CCNC(Cc1ncnn1C)C(C)(CC)OC. The fourth-order valence-electron chi connectivity index (χ4n) is 1.97. The van der Waals surface area contributed by atoms with Crippen LogP contribution >= 0.6 is 0 Å². The van der Waals surface area contributed by atoms with Gasteiger partial charge in [0, 0.05) is 26.6 Å². The Bertz CT molecular complexity index is 333. The van der Waals surface area contributed by atoms with Crippen LogP contribution < -0.4 is 5.32 Å². The standard InChI is InChI=1S/C12H24N4O/c1-6-12(3,17-5)10(13-7-2)8-11-14-9-15-16(11)4/h9-10,13H,6-8H2,1-5H3. The van der Waals surface area contributed by atoms with Gasteiger partial charge in [0.15, 0.2) is 0 Å². The Morgan fingerprint density at radius 1 is 1.53 bits per heavy atom. The van der Waals surface area contributed by atoms with Crippen molar-refractivity contribution in [1.82, 2.24) is 20.1 Å². The summed E-state index contributed by atoms with van der Waals surface area (Å²) in [6, 6.07) is 0.241. The van der Waals surface area contributed by atoms with Crippen LogP contribution in [0.2, 0.25) is 0 Å². The van der Waals surface area contributed by atoms with E-state index in [2.05, 4.69) is 36.2 Å². The molecule has 0 aliphatic rings. The molecule has 1 N–H and O–H groups in total. The summed E-state index contributed by atoms with van der Waals surface area (Å²) in [6.45, 7) is 7.30. The highest BCUT2D eigenvalue weighted by atomic mass is 16.5. The average molecular weight is 240 g/mol. The summed E-state index contributed by atoms with van der Waals surface area (Å²) in [5.74, 6) is 0.979. The number of aromatic nitrogens is 3. The number of rotatable bonds is 7. The van der Waals surface area contributed by atoms with Crippen LogP contribution in [0.15, 0.2) is 6.33 Å². The molecule has 5 nitrogen and oxygen atoms in total. The molecular weight excluding hydrogens is 216 g/mol. The molecule has 0 radical (unpaired) electrons. The van der Waals surface area contributed by atoms with Crippen molar-refractivity contribution in [3.8, 4) is 0 Å². The lowest BCUT2D eigenvalue weighted by molar-refractivity contribution is -0.0290. The summed E-state index contributed by atoms with van der Waals surface area (Å²) in [5, 5.41) is 7.58. The van der Waals surface area contributed by atoms with Gasteiger partial charge in [0.2, 0.25) is 0 Å². The normalized spacial score (nSPS) is 16.8. The maximum atomic E-state index is 5.67. The summed E-state index contributed by atoms with van der Waals surface area (Å²) in [4.78, 5) is 4.28. The van der Waals surface area contributed by atoms with Crippen LogP contribution in [0.3, 0.4) is 0 Å². The van der Waals surface area contributed by atoms with E-state index in [9.17, 15) is 0 Å². The van der Waals surface area contributed by atoms with Crippen LogP contribution in [0.4, 0.5) is 0 Å². The van der Waals surface area contributed by atoms with E-state index in [1.165, 1.54) is 0 Å². The van der Waals surface area contributed by atoms with Gasteiger partial charge in [-0.25, -0.2) is 4.98 Å². The van der Waals surface area contributed by atoms with Gasteiger partial charge in [-0.1, -0.05) is 13.8 Å². The van der Waals surface area contributed by atoms with Crippen LogP contribution in [0.25, 0.3) is 0 Å². The second-order valence-corrected chi connectivity index (χ2v) is 4.48. The van der Waals surface area contributed by atoms with Gasteiger partial charge in [0.1, 0.15) is 12.2 Å². The van der Waals surface area contributed by atoms with E-state index in [1.807, 2.05) is 11.7 Å². The third kappa shape index (κ3) is 3.26. The maximum Gasteiger partial charge on any atom is 0.138 e. The monoisotopic (exact) mass is 240 g/mol. The summed E-state index contributed by atoms with van der Waals surface area (Å²) in [6.07, 6.45) is 3.37. The van der Waals surface area contributed by atoms with Crippen LogP contribution in [0.5, 0.6) is 0 Å². The Morgan fingerprint density at radius 2 is 2.24 bits per heavy atom. The minimum absolute atomic E-state index is 0.179. The van der Waals surface area contributed by atoms with Gasteiger partial charge in [0.25, 0.3) is 0 Å². The minimum Gasteiger partial charge on any atom is -0.377 e. The van der Waals surface area contributed by atoms with Crippen molar-refractivity contribution in [2.75, 3.05) is 13.7 Å². The zero-order valence-electron chi connectivity index (χ0n) is 11.5. The number of likely N-dealkylation sites (N-methyl/N-ethyl adjacent to an activating group) is 1. The molecular formula is C12H24N4O. The first-order chi connectivity index (χ1) is 8.07. The highest BCUT2D eigenvalue weighted by Crippen LogP contribution is 2.21. The summed E-state index contributed by atoms with van der Waals surface area (Å²) >= 11 is 0. The largest absolute Gasteiger partial charge is 0.377 e. The van der Waals surface area contributed by atoms with Gasteiger partial charge >= 0.3 is 0 Å². The lowest BCUT2D eigenvalue weighted by atomic mass is 9.90. The number of aryl methyl sites for hydroxylation is 1. The average Bonchev–Trinajstić information content (AvgIpc) is 2.73. The molecule has 1 aromatic heterocycles. The van der Waals surface area contributed by atoms with Crippen LogP contribution in [-0.2, 0) is 18.2 Å². The van der Waals surface area contributed by atoms with Crippen molar-refractivity contribution in [3.63, 3.8) is 0 Å². The lowest BCUT2D eigenvalue weighted by Crippen LogP contribution is -2.51. The first-order valence-corrected chi connectivity index (χ1v) is 6.18. The first-order valence-electron chi connectivity index (χ1n) is 6.18. The maximum absolute atomic E-state index is 5.67. The van der Waals surface area contributed by atoms with E-state index in [1.54, 1.807) is 13.4 Å². The van der Waals surface area contributed by atoms with Crippen molar-refractivity contribution in [3.05, 3.63) is 12.2 Å². The summed E-state index contributed by atoms with van der Waals surface area (Å²) < 4.78 is 7.49. The summed E-state index contributed by atoms with van der Waals surface area (Å²) in [7, 11) is 3.69. The Hall–Kier alpha value is -0.940. The topological polar surface area (TPSA) is 52.0 Å². The van der Waals surface area contributed by atoms with Gasteiger partial charge in [-0.05, 0) is 19.9 Å². The van der Waals surface area contributed by atoms with Gasteiger partial charge in [-0.3, -0.25) is 4.68 Å². The zero-order valence-corrected chi connectivity index (χ0v) is 11.5. The number of nitrogens with one attached hydrogen (secondary N) is 1. The molecule has 2 atom stereocenters. The summed E-state index contributed by atoms with van der Waals surface area (Å²) in [5.41, 5.74) is -0.179. The van der Waals surface area contributed by atoms with Crippen LogP contribution in [0, 0.1) is 0 Å². The molecule has 1 rings (SSSR count). The number of nitrogens with zero attached hydrogens (tertiary/aromatic N) is 3. The Balaban J connectivity index is 2.82. The van der Waals surface area contributed by atoms with E-state index >= 15 is 0 Å². The lowest BCUT2D eigenvalue weighted by Gasteiger charge is -2.36. The highest BCUT2D eigenvalue weighted by Gasteiger charge is 2.32. The Morgan fingerprint density at radius 3 is 2.65 bits per heavy atom. The molecule has 0 bridgehead atoms. The first kappa shape index (κ1) is 14.1. The van der Waals surface area contributed by atoms with E-state index in [0.29, 0.717) is 0 Å². The van der Waals surface area contributed by atoms with Gasteiger partial charge in [-0.2, -0.15) is 5.10 Å². The molecule has 1 aromatic rings. The molecule has 0 spiro atoms. The molecule has 1 heterocycles. The molecule has 0 saturated heterocycles. The molecule has 98 valence electrons. The fraction of sp³-hybridized carbons (Fsp3) is 0.833. The van der Waals surface area contributed by atoms with Crippen LogP contribution in [0.1, 0.15) is 33.0 Å². The molecule has 0 saturated carbocycles. The molecule has 0 amide bonds. The van der Waals surface area contributed by atoms with Gasteiger partial charge in [0.05, 0.1) is 5.60 Å².